The highest BCUT2D eigenvalue weighted by atomic mass is 16.5. The van der Waals surface area contributed by atoms with E-state index < -0.39 is 13.0 Å². The van der Waals surface area contributed by atoms with Crippen LogP contribution < -0.4 is 0 Å². The van der Waals surface area contributed by atoms with Gasteiger partial charge in [-0.15, -0.1) is 0 Å². The van der Waals surface area contributed by atoms with Gasteiger partial charge in [0.15, 0.2) is 0 Å². The van der Waals surface area contributed by atoms with Crippen molar-refractivity contribution >= 4 is 30.6 Å². The molecule has 4 aliphatic rings. The number of nitrogens with zero attached hydrogens (tertiary/aromatic N) is 2. The first-order chi connectivity index (χ1) is 24.6. The molecule has 0 aromatic heterocycles. The number of hydrogen-bond donors (Lipinski definition) is 2. The second kappa shape index (κ2) is 14.9. The van der Waals surface area contributed by atoms with Gasteiger partial charge >= 0.3 is 7.12 Å². The van der Waals surface area contributed by atoms with Gasteiger partial charge in [-0.3, -0.25) is 19.4 Å². The SMILES string of the molecule is Cc1cc(/C=C(/CC[C@H]2OB(O)C[C@H]3C2=C(C(C)C)C[C@H]2C(=O)N(C4CCN(Cc5ccccc5)CC4)C(=O)[C@H]23)c2ccccc2)cc(C)c1O. The molecule has 3 aliphatic heterocycles. The lowest BCUT2D eigenvalue weighted by molar-refractivity contribution is -0.144. The number of imide groups is 1. The van der Waals surface area contributed by atoms with Crippen LogP contribution in [0.2, 0.25) is 6.32 Å². The van der Waals surface area contributed by atoms with Crippen molar-refractivity contribution in [2.75, 3.05) is 13.1 Å². The summed E-state index contributed by atoms with van der Waals surface area (Å²) in [5.74, 6) is -0.609. The first kappa shape index (κ1) is 35.4. The summed E-state index contributed by atoms with van der Waals surface area (Å²) in [6, 6.07) is 24.7. The number of allylic oxidation sites excluding steroid dienone is 2. The fourth-order valence-electron chi connectivity index (χ4n) is 9.32. The van der Waals surface area contributed by atoms with E-state index in [1.54, 1.807) is 4.90 Å². The highest BCUT2D eigenvalue weighted by Gasteiger charge is 2.58. The fraction of sp³-hybridized carbons (Fsp3) is 0.442. The maximum atomic E-state index is 14.4. The third-order valence-electron chi connectivity index (χ3n) is 11.8. The first-order valence-electron chi connectivity index (χ1n) is 18.8. The van der Waals surface area contributed by atoms with Crippen LogP contribution >= 0.6 is 0 Å². The van der Waals surface area contributed by atoms with Crippen molar-refractivity contribution in [1.82, 2.24) is 9.80 Å². The number of hydrogen-bond acceptors (Lipinski definition) is 6. The highest BCUT2D eigenvalue weighted by Crippen LogP contribution is 2.52. The minimum atomic E-state index is -0.999. The molecule has 0 radical (unpaired) electrons. The van der Waals surface area contributed by atoms with Gasteiger partial charge in [0.2, 0.25) is 11.8 Å². The Balaban J connectivity index is 1.12. The van der Waals surface area contributed by atoms with Crippen molar-refractivity contribution < 1.29 is 24.4 Å². The van der Waals surface area contributed by atoms with Crippen molar-refractivity contribution in [2.45, 2.75) is 84.8 Å². The summed E-state index contributed by atoms with van der Waals surface area (Å²) in [7, 11) is -0.999. The van der Waals surface area contributed by atoms with Crippen LogP contribution in [0.25, 0.3) is 11.6 Å². The molecule has 3 aromatic rings. The maximum Gasteiger partial charge on any atom is 0.455 e. The lowest BCUT2D eigenvalue weighted by Crippen LogP contribution is -2.48. The number of aryl methyl sites for hydroxylation is 2. The van der Waals surface area contributed by atoms with E-state index in [2.05, 4.69) is 61.2 Å². The standard InChI is InChI=1S/C43H51BN2O5/c1-27(2)35-24-36-40(43(49)46(42(36)48)34-17-19-45(20-18-34)26-30-11-7-5-8-12-30)37-25-44(50)51-38(39(35)37)16-15-33(32-13-9-6-10-14-32)23-31-21-28(3)41(47)29(4)22-31/h5-14,21-23,27,34,36-38,40,47,50H,15-20,24-26H2,1-4H3/b33-23-/t36-,37+,38-,40-/m1/s1. The van der Waals surface area contributed by atoms with Gasteiger partial charge in [-0.05, 0) is 115 Å². The van der Waals surface area contributed by atoms with Gasteiger partial charge < -0.3 is 14.8 Å². The summed E-state index contributed by atoms with van der Waals surface area (Å²) < 4.78 is 6.36. The van der Waals surface area contributed by atoms with Crippen molar-refractivity contribution in [3.05, 3.63) is 112 Å². The molecule has 266 valence electrons. The predicted octanol–water partition coefficient (Wildman–Crippen LogP) is 7.45. The van der Waals surface area contributed by atoms with Crippen LogP contribution in [-0.2, 0) is 20.8 Å². The van der Waals surface area contributed by atoms with Gasteiger partial charge in [0.05, 0.1) is 17.9 Å². The second-order valence-electron chi connectivity index (χ2n) is 15.5. The van der Waals surface area contributed by atoms with Crippen LogP contribution in [0.3, 0.4) is 0 Å². The molecule has 3 saturated heterocycles. The monoisotopic (exact) mass is 686 g/mol. The molecule has 0 spiro atoms. The number of fused-ring (bicyclic) bond motifs is 3. The number of rotatable bonds is 9. The Bertz CT molecular complexity index is 1790. The number of likely N-dealkylation sites (tertiary alicyclic amines) is 2. The lowest BCUT2D eigenvalue weighted by atomic mass is 9.57. The summed E-state index contributed by atoms with van der Waals surface area (Å²) in [6.07, 6.45) is 5.64. The maximum absolute atomic E-state index is 14.4. The third-order valence-corrected chi connectivity index (χ3v) is 11.8. The van der Waals surface area contributed by atoms with Gasteiger partial charge in [0.25, 0.3) is 0 Å². The fourth-order valence-corrected chi connectivity index (χ4v) is 9.32. The summed E-state index contributed by atoms with van der Waals surface area (Å²) >= 11 is 0. The Hall–Kier alpha value is -3.98. The number of benzene rings is 3. The number of carbonyl (C=O) groups is 2. The molecule has 8 heteroatoms. The molecule has 3 aromatic carbocycles. The Kier molecular flexibility index (Phi) is 10.4. The summed E-state index contributed by atoms with van der Waals surface area (Å²) in [5, 5.41) is 21.6. The van der Waals surface area contributed by atoms with Crippen molar-refractivity contribution in [3.63, 3.8) is 0 Å². The third kappa shape index (κ3) is 7.24. The van der Waals surface area contributed by atoms with Gasteiger partial charge in [0.1, 0.15) is 5.75 Å². The van der Waals surface area contributed by atoms with Crippen LogP contribution in [0.1, 0.15) is 73.8 Å². The summed E-state index contributed by atoms with van der Waals surface area (Å²) in [6.45, 7) is 10.8. The zero-order chi connectivity index (χ0) is 35.8. The molecular formula is C43H51BN2O5. The minimum Gasteiger partial charge on any atom is -0.507 e. The molecule has 1 aliphatic carbocycles. The van der Waals surface area contributed by atoms with Crippen molar-refractivity contribution in [1.29, 1.82) is 0 Å². The highest BCUT2D eigenvalue weighted by molar-refractivity contribution is 6.43. The molecular weight excluding hydrogens is 635 g/mol. The Morgan fingerprint density at radius 2 is 1.59 bits per heavy atom. The van der Waals surface area contributed by atoms with E-state index in [1.807, 2.05) is 50.2 Å². The van der Waals surface area contributed by atoms with Crippen LogP contribution in [0.5, 0.6) is 5.75 Å². The molecule has 51 heavy (non-hydrogen) atoms. The molecule has 0 saturated carbocycles. The van der Waals surface area contributed by atoms with E-state index >= 15 is 0 Å². The second-order valence-corrected chi connectivity index (χ2v) is 15.5. The molecule has 0 bridgehead atoms. The summed E-state index contributed by atoms with van der Waals surface area (Å²) in [4.78, 5) is 32.7. The Morgan fingerprint density at radius 3 is 2.24 bits per heavy atom. The van der Waals surface area contributed by atoms with Crippen molar-refractivity contribution in [3.8, 4) is 5.75 Å². The number of aromatic hydroxyl groups is 1. The smallest absolute Gasteiger partial charge is 0.455 e. The van der Waals surface area contributed by atoms with Crippen LogP contribution in [0.15, 0.2) is 83.9 Å². The predicted molar refractivity (Wildman–Crippen MR) is 202 cm³/mol. The average molecular weight is 687 g/mol. The van der Waals surface area contributed by atoms with Gasteiger partial charge in [-0.1, -0.05) is 86.2 Å². The van der Waals surface area contributed by atoms with E-state index in [4.69, 9.17) is 4.65 Å². The molecule has 3 fully saturated rings. The normalized spacial score (nSPS) is 24.8. The minimum absolute atomic E-state index is 0.0185. The quantitative estimate of drug-likeness (QED) is 0.105. The van der Waals surface area contributed by atoms with Crippen LogP contribution in [0, 0.1) is 37.5 Å². The molecule has 3 heterocycles. The number of amides is 2. The molecule has 7 rings (SSSR count). The Labute approximate surface area is 303 Å². The molecule has 7 nitrogen and oxygen atoms in total. The van der Waals surface area contributed by atoms with Gasteiger partial charge in [-0.2, -0.15) is 0 Å². The molecule has 2 amide bonds. The molecule has 4 atom stereocenters. The van der Waals surface area contributed by atoms with Crippen LogP contribution in [-0.4, -0.2) is 64.1 Å². The van der Waals surface area contributed by atoms with E-state index in [-0.39, 0.29) is 41.7 Å². The average Bonchev–Trinajstić information content (AvgIpc) is 3.38. The van der Waals surface area contributed by atoms with E-state index in [1.165, 1.54) is 11.1 Å². The Morgan fingerprint density at radius 1 is 0.941 bits per heavy atom. The lowest BCUT2D eigenvalue weighted by Gasteiger charge is -2.44. The van der Waals surface area contributed by atoms with Gasteiger partial charge in [-0.25, -0.2) is 0 Å². The first-order valence-corrected chi connectivity index (χ1v) is 18.8. The number of carbonyl (C=O) groups excluding carboxylic acids is 2. The summed E-state index contributed by atoms with van der Waals surface area (Å²) in [5.41, 5.74) is 8.57. The van der Waals surface area contributed by atoms with E-state index in [0.29, 0.717) is 31.3 Å². The zero-order valence-electron chi connectivity index (χ0n) is 30.4. The molecule has 0 unspecified atom stereocenters. The number of phenols is 1. The topological polar surface area (TPSA) is 90.3 Å². The largest absolute Gasteiger partial charge is 0.507 e. The van der Waals surface area contributed by atoms with Crippen molar-refractivity contribution in [2.24, 2.45) is 23.7 Å². The zero-order valence-corrected chi connectivity index (χ0v) is 30.4. The van der Waals surface area contributed by atoms with Crippen LogP contribution in [0.4, 0.5) is 0 Å². The number of piperidine rings is 1. The van der Waals surface area contributed by atoms with E-state index in [0.717, 1.165) is 65.9 Å². The molecule has 2 N–H and O–H groups in total. The van der Waals surface area contributed by atoms with E-state index in [9.17, 15) is 19.7 Å². The van der Waals surface area contributed by atoms with Gasteiger partial charge in [0, 0.05) is 25.7 Å². The number of phenolic OH excluding ortho intramolecular Hbond substituents is 1.